The second-order valence-electron chi connectivity index (χ2n) is 4.50. The van der Waals surface area contributed by atoms with Crippen LogP contribution in [0.3, 0.4) is 0 Å². The number of hydrogen-bond acceptors (Lipinski definition) is 5. The maximum absolute atomic E-state index is 11.8. The number of ether oxygens (including phenoxy) is 1. The van der Waals surface area contributed by atoms with Gasteiger partial charge in [-0.25, -0.2) is 4.79 Å². The summed E-state index contributed by atoms with van der Waals surface area (Å²) in [5.74, 6) is 0.505. The highest BCUT2D eigenvalue weighted by atomic mass is 32.2. The summed E-state index contributed by atoms with van der Waals surface area (Å²) in [4.78, 5) is 12.1. The first-order valence-corrected chi connectivity index (χ1v) is 8.61. The van der Waals surface area contributed by atoms with Crippen molar-refractivity contribution in [2.24, 2.45) is 0 Å². The number of carbonyl (C=O) groups excluding carboxylic acids is 1. The van der Waals surface area contributed by atoms with Crippen LogP contribution in [0.1, 0.15) is 29.4 Å². The van der Waals surface area contributed by atoms with E-state index in [1.807, 2.05) is 30.3 Å². The topological polar surface area (TPSA) is 46.5 Å². The zero-order valence-electron chi connectivity index (χ0n) is 12.1. The number of thiophene rings is 1. The molecule has 0 saturated heterocycles. The molecule has 0 atom stereocenters. The Balaban J connectivity index is 2.44. The van der Waals surface area contributed by atoms with Crippen LogP contribution < -0.4 is 0 Å². The van der Waals surface area contributed by atoms with Crippen LogP contribution in [0.4, 0.5) is 0 Å². The molecule has 0 fully saturated rings. The largest absolute Gasteiger partial charge is 0.505 e. The van der Waals surface area contributed by atoms with Crippen molar-refractivity contribution in [3.8, 4) is 16.9 Å². The van der Waals surface area contributed by atoms with Gasteiger partial charge in [0.2, 0.25) is 0 Å². The molecule has 0 aliphatic rings. The van der Waals surface area contributed by atoms with E-state index in [-0.39, 0.29) is 10.6 Å². The van der Waals surface area contributed by atoms with Crippen molar-refractivity contribution >= 4 is 29.1 Å². The van der Waals surface area contributed by atoms with E-state index in [1.54, 1.807) is 11.8 Å². The van der Waals surface area contributed by atoms with Gasteiger partial charge in [-0.3, -0.25) is 0 Å². The molecule has 0 aliphatic heterocycles. The summed E-state index contributed by atoms with van der Waals surface area (Å²) >= 11 is 2.98. The summed E-state index contributed by atoms with van der Waals surface area (Å²) in [6.07, 6.45) is 2.22. The van der Waals surface area contributed by atoms with Crippen molar-refractivity contribution in [2.45, 2.75) is 24.0 Å². The monoisotopic (exact) mass is 322 g/mol. The third-order valence-corrected chi connectivity index (χ3v) is 5.53. The average Bonchev–Trinajstić information content (AvgIpc) is 2.84. The van der Waals surface area contributed by atoms with Gasteiger partial charge < -0.3 is 9.84 Å². The minimum Gasteiger partial charge on any atom is -0.505 e. The van der Waals surface area contributed by atoms with Gasteiger partial charge in [-0.15, -0.1) is 23.1 Å². The number of rotatable bonds is 6. The Bertz CT molecular complexity index is 605. The summed E-state index contributed by atoms with van der Waals surface area (Å²) in [6.45, 7) is 2.14. The first-order valence-electron chi connectivity index (χ1n) is 6.81. The van der Waals surface area contributed by atoms with E-state index in [2.05, 4.69) is 6.92 Å². The second-order valence-corrected chi connectivity index (χ2v) is 6.89. The van der Waals surface area contributed by atoms with Gasteiger partial charge in [-0.1, -0.05) is 43.7 Å². The smallest absolute Gasteiger partial charge is 0.351 e. The number of aromatic hydroxyl groups is 1. The maximum Gasteiger partial charge on any atom is 0.351 e. The molecule has 0 saturated carbocycles. The molecule has 2 rings (SSSR count). The molecule has 0 unspecified atom stereocenters. The zero-order valence-corrected chi connectivity index (χ0v) is 13.7. The highest BCUT2D eigenvalue weighted by molar-refractivity contribution is 8.01. The van der Waals surface area contributed by atoms with E-state index in [4.69, 9.17) is 4.74 Å². The van der Waals surface area contributed by atoms with Crippen LogP contribution in [-0.4, -0.2) is 23.9 Å². The van der Waals surface area contributed by atoms with Gasteiger partial charge in [0.15, 0.2) is 4.88 Å². The van der Waals surface area contributed by atoms with Crippen LogP contribution in [0.2, 0.25) is 0 Å². The van der Waals surface area contributed by atoms with E-state index < -0.39 is 5.97 Å². The molecule has 0 bridgehead atoms. The molecule has 0 amide bonds. The number of thioether (sulfide) groups is 1. The summed E-state index contributed by atoms with van der Waals surface area (Å²) in [7, 11) is 1.33. The average molecular weight is 322 g/mol. The molecule has 112 valence electrons. The number of carbonyl (C=O) groups is 1. The molecule has 3 nitrogen and oxygen atoms in total. The lowest BCUT2D eigenvalue weighted by Crippen LogP contribution is -1.97. The molecule has 1 aromatic heterocycles. The minimum atomic E-state index is -0.489. The van der Waals surface area contributed by atoms with Gasteiger partial charge >= 0.3 is 5.97 Å². The zero-order chi connectivity index (χ0) is 15.2. The lowest BCUT2D eigenvalue weighted by Gasteiger charge is -2.04. The predicted molar refractivity (Wildman–Crippen MR) is 88.4 cm³/mol. The first kappa shape index (κ1) is 15.9. The molecule has 1 heterocycles. The third kappa shape index (κ3) is 3.60. The summed E-state index contributed by atoms with van der Waals surface area (Å²) in [6, 6.07) is 9.65. The van der Waals surface area contributed by atoms with Crippen molar-refractivity contribution in [1.82, 2.24) is 0 Å². The minimum absolute atomic E-state index is 0.0250. The fourth-order valence-corrected chi connectivity index (χ4v) is 4.48. The fourth-order valence-electron chi connectivity index (χ4n) is 1.90. The number of benzene rings is 1. The van der Waals surface area contributed by atoms with Crippen LogP contribution in [0.25, 0.3) is 11.1 Å². The third-order valence-electron chi connectivity index (χ3n) is 3.02. The van der Waals surface area contributed by atoms with E-state index in [9.17, 15) is 9.90 Å². The Kier molecular flexibility index (Phi) is 5.70. The van der Waals surface area contributed by atoms with Crippen LogP contribution in [0.15, 0.2) is 34.5 Å². The molecule has 5 heteroatoms. The number of unbranched alkanes of at least 4 members (excludes halogenated alkanes) is 1. The molecule has 1 aromatic carbocycles. The maximum atomic E-state index is 11.8. The molecule has 2 aromatic rings. The molecule has 21 heavy (non-hydrogen) atoms. The Morgan fingerprint density at radius 2 is 2.05 bits per heavy atom. The predicted octanol–water partition coefficient (Wildman–Crippen LogP) is 4.80. The van der Waals surface area contributed by atoms with Gasteiger partial charge in [0.05, 0.1) is 11.3 Å². The molecule has 1 N–H and O–H groups in total. The van der Waals surface area contributed by atoms with Crippen LogP contribution in [0.5, 0.6) is 5.75 Å². The van der Waals surface area contributed by atoms with Gasteiger partial charge in [-0.2, -0.15) is 0 Å². The van der Waals surface area contributed by atoms with Gasteiger partial charge in [0.25, 0.3) is 0 Å². The van der Waals surface area contributed by atoms with Crippen molar-refractivity contribution in [3.05, 3.63) is 35.2 Å². The lowest BCUT2D eigenvalue weighted by atomic mass is 10.1. The van der Waals surface area contributed by atoms with Crippen LogP contribution >= 0.6 is 23.1 Å². The molecular formula is C16H18O3S2. The van der Waals surface area contributed by atoms with Crippen LogP contribution in [0, 0.1) is 0 Å². The Labute approximate surface area is 133 Å². The van der Waals surface area contributed by atoms with Crippen molar-refractivity contribution < 1.29 is 14.6 Å². The summed E-state index contributed by atoms with van der Waals surface area (Å²) in [5, 5.41) is 10.4. The quantitative estimate of drug-likeness (QED) is 0.471. The summed E-state index contributed by atoms with van der Waals surface area (Å²) in [5.41, 5.74) is 1.66. The first-order chi connectivity index (χ1) is 10.2. The van der Waals surface area contributed by atoms with Gasteiger partial charge in [0, 0.05) is 5.56 Å². The van der Waals surface area contributed by atoms with E-state index in [0.29, 0.717) is 0 Å². The highest BCUT2D eigenvalue weighted by Crippen LogP contribution is 2.47. The Morgan fingerprint density at radius 3 is 2.67 bits per heavy atom. The van der Waals surface area contributed by atoms with Crippen LogP contribution in [-0.2, 0) is 4.74 Å². The molecule has 0 aliphatic carbocycles. The number of methoxy groups -OCH3 is 1. The lowest BCUT2D eigenvalue weighted by molar-refractivity contribution is 0.0603. The van der Waals surface area contributed by atoms with Gasteiger partial charge in [-0.05, 0) is 17.7 Å². The molecular weight excluding hydrogens is 304 g/mol. The number of esters is 1. The van der Waals surface area contributed by atoms with Crippen molar-refractivity contribution in [2.75, 3.05) is 12.9 Å². The second kappa shape index (κ2) is 7.52. The number of hydrogen-bond donors (Lipinski definition) is 1. The van der Waals surface area contributed by atoms with Crippen molar-refractivity contribution in [1.29, 1.82) is 0 Å². The van der Waals surface area contributed by atoms with E-state index in [0.717, 1.165) is 33.9 Å². The standard InChI is InChI=1S/C16H18O3S2/c1-3-4-10-20-16-12(11-8-6-5-7-9-11)13(17)14(21-16)15(18)19-2/h5-9,17H,3-4,10H2,1-2H3. The van der Waals surface area contributed by atoms with Crippen molar-refractivity contribution in [3.63, 3.8) is 0 Å². The Hall–Kier alpha value is -1.46. The molecule has 0 spiro atoms. The normalized spacial score (nSPS) is 10.6. The van der Waals surface area contributed by atoms with Gasteiger partial charge in [0.1, 0.15) is 5.75 Å². The fraction of sp³-hybridized carbons (Fsp3) is 0.312. The van der Waals surface area contributed by atoms with E-state index >= 15 is 0 Å². The summed E-state index contributed by atoms with van der Waals surface area (Å²) < 4.78 is 5.71. The SMILES string of the molecule is CCCCSc1sc(C(=O)OC)c(O)c1-c1ccccc1. The highest BCUT2D eigenvalue weighted by Gasteiger charge is 2.24. The molecule has 0 radical (unpaired) electrons. The van der Waals surface area contributed by atoms with E-state index in [1.165, 1.54) is 18.4 Å². The Morgan fingerprint density at radius 1 is 1.33 bits per heavy atom.